The monoisotopic (exact) mass is 380 g/mol. The van der Waals surface area contributed by atoms with Crippen LogP contribution in [0.2, 0.25) is 0 Å². The predicted molar refractivity (Wildman–Crippen MR) is 106 cm³/mol. The zero-order valence-corrected chi connectivity index (χ0v) is 15.7. The molecule has 28 heavy (non-hydrogen) atoms. The standard InChI is InChI=1S/C20H24N6O2/c1-25-10-7-22-19(25)18(27)14-5-8-26(9-6-14)20(28)24-16-4-2-3-15(11-16)17-12-21-13-23-17/h2-4,7,10-14,18,27H,5-6,8-9H2,1H3,(H,21,23)(H,24,28)/t18-/m0/s1. The van der Waals surface area contributed by atoms with Gasteiger partial charge in [-0.05, 0) is 30.9 Å². The van der Waals surface area contributed by atoms with E-state index in [1.165, 1.54) is 0 Å². The molecule has 3 N–H and O–H groups in total. The van der Waals surface area contributed by atoms with Gasteiger partial charge in [0.2, 0.25) is 0 Å². The maximum atomic E-state index is 12.6. The second kappa shape index (κ2) is 7.85. The van der Waals surface area contributed by atoms with Gasteiger partial charge in [0.25, 0.3) is 0 Å². The fourth-order valence-electron chi connectivity index (χ4n) is 3.67. The summed E-state index contributed by atoms with van der Waals surface area (Å²) in [5.41, 5.74) is 2.61. The lowest BCUT2D eigenvalue weighted by atomic mass is 9.91. The summed E-state index contributed by atoms with van der Waals surface area (Å²) in [6.07, 6.45) is 7.79. The summed E-state index contributed by atoms with van der Waals surface area (Å²) in [6, 6.07) is 7.54. The van der Waals surface area contributed by atoms with Gasteiger partial charge in [0.1, 0.15) is 11.9 Å². The minimum absolute atomic E-state index is 0.105. The van der Waals surface area contributed by atoms with E-state index in [0.29, 0.717) is 18.9 Å². The Bertz CT molecular complexity index is 928. The zero-order valence-electron chi connectivity index (χ0n) is 15.7. The number of H-pyrrole nitrogens is 1. The molecule has 0 saturated carbocycles. The molecule has 4 rings (SSSR count). The molecule has 8 heteroatoms. The molecule has 8 nitrogen and oxygen atoms in total. The van der Waals surface area contributed by atoms with Gasteiger partial charge in [-0.25, -0.2) is 14.8 Å². The van der Waals surface area contributed by atoms with Crippen LogP contribution >= 0.6 is 0 Å². The molecule has 0 radical (unpaired) electrons. The van der Waals surface area contributed by atoms with E-state index in [-0.39, 0.29) is 11.9 Å². The number of urea groups is 1. The highest BCUT2D eigenvalue weighted by atomic mass is 16.3. The van der Waals surface area contributed by atoms with Gasteiger partial charge in [0.05, 0.1) is 18.2 Å². The number of aryl methyl sites for hydroxylation is 1. The molecule has 146 valence electrons. The van der Waals surface area contributed by atoms with Crippen molar-refractivity contribution in [1.82, 2.24) is 24.4 Å². The molecule has 1 aliphatic rings. The number of aliphatic hydroxyl groups excluding tert-OH is 1. The summed E-state index contributed by atoms with van der Waals surface area (Å²) in [7, 11) is 1.88. The van der Waals surface area contributed by atoms with Crippen molar-refractivity contribution in [1.29, 1.82) is 0 Å². The summed E-state index contributed by atoms with van der Waals surface area (Å²) >= 11 is 0. The predicted octanol–water partition coefficient (Wildman–Crippen LogP) is 2.79. The number of hydrogen-bond acceptors (Lipinski definition) is 4. The largest absolute Gasteiger partial charge is 0.385 e. The molecule has 1 fully saturated rings. The molecular formula is C20H24N6O2. The van der Waals surface area contributed by atoms with E-state index < -0.39 is 6.10 Å². The molecule has 0 aliphatic carbocycles. The minimum Gasteiger partial charge on any atom is -0.385 e. The van der Waals surface area contributed by atoms with Crippen molar-refractivity contribution in [3.63, 3.8) is 0 Å². The molecule has 1 atom stereocenters. The molecule has 1 saturated heterocycles. The molecule has 3 aromatic rings. The molecule has 3 heterocycles. The Balaban J connectivity index is 1.34. The van der Waals surface area contributed by atoms with E-state index in [1.807, 2.05) is 42.1 Å². The first-order valence-electron chi connectivity index (χ1n) is 9.42. The van der Waals surface area contributed by atoms with Crippen molar-refractivity contribution in [3.05, 3.63) is 55.0 Å². The minimum atomic E-state index is -0.601. The summed E-state index contributed by atoms with van der Waals surface area (Å²) < 4.78 is 1.84. The van der Waals surface area contributed by atoms with Crippen LogP contribution in [-0.2, 0) is 7.05 Å². The number of nitrogens with one attached hydrogen (secondary N) is 2. The van der Waals surface area contributed by atoms with Gasteiger partial charge in [-0.1, -0.05) is 12.1 Å². The number of piperidine rings is 1. The lowest BCUT2D eigenvalue weighted by Gasteiger charge is -2.34. The number of nitrogens with zero attached hydrogens (tertiary/aromatic N) is 4. The van der Waals surface area contributed by atoms with Crippen molar-refractivity contribution in [3.8, 4) is 11.3 Å². The van der Waals surface area contributed by atoms with E-state index in [9.17, 15) is 9.90 Å². The number of aromatic nitrogens is 4. The maximum absolute atomic E-state index is 12.6. The highest BCUT2D eigenvalue weighted by molar-refractivity contribution is 5.90. The highest BCUT2D eigenvalue weighted by Gasteiger charge is 2.30. The first kappa shape index (κ1) is 18.2. The number of imidazole rings is 2. The van der Waals surface area contributed by atoms with Crippen molar-refractivity contribution in [2.45, 2.75) is 18.9 Å². The van der Waals surface area contributed by atoms with Crippen LogP contribution in [0, 0.1) is 5.92 Å². The number of carbonyl (C=O) groups is 1. The van der Waals surface area contributed by atoms with Crippen LogP contribution in [0.25, 0.3) is 11.3 Å². The molecule has 1 aromatic carbocycles. The van der Waals surface area contributed by atoms with Crippen molar-refractivity contribution in [2.24, 2.45) is 13.0 Å². The van der Waals surface area contributed by atoms with E-state index in [4.69, 9.17) is 0 Å². The molecule has 0 spiro atoms. The van der Waals surface area contributed by atoms with Crippen LogP contribution in [0.5, 0.6) is 0 Å². The number of rotatable bonds is 4. The first-order chi connectivity index (χ1) is 13.6. The van der Waals surface area contributed by atoms with E-state index in [0.717, 1.165) is 29.8 Å². The molecule has 0 unspecified atom stereocenters. The Hall–Kier alpha value is -3.13. The van der Waals surface area contributed by atoms with Crippen LogP contribution in [0.3, 0.4) is 0 Å². The van der Waals surface area contributed by atoms with Gasteiger partial charge in [0.15, 0.2) is 0 Å². The normalized spacial score (nSPS) is 16.1. The maximum Gasteiger partial charge on any atom is 0.321 e. The van der Waals surface area contributed by atoms with Gasteiger partial charge in [-0.2, -0.15) is 0 Å². The molecule has 2 amide bonds. The number of aromatic amines is 1. The first-order valence-corrected chi connectivity index (χ1v) is 9.42. The fraction of sp³-hybridized carbons (Fsp3) is 0.350. The zero-order chi connectivity index (χ0) is 19.5. The van der Waals surface area contributed by atoms with Crippen molar-refractivity contribution < 1.29 is 9.90 Å². The Morgan fingerprint density at radius 2 is 2.18 bits per heavy atom. The van der Waals surface area contributed by atoms with Crippen molar-refractivity contribution >= 4 is 11.7 Å². The van der Waals surface area contributed by atoms with Crippen LogP contribution in [0.4, 0.5) is 10.5 Å². The number of hydrogen-bond donors (Lipinski definition) is 3. The summed E-state index contributed by atoms with van der Waals surface area (Å²) in [5, 5.41) is 13.6. The fourth-order valence-corrected chi connectivity index (χ4v) is 3.67. The molecular weight excluding hydrogens is 356 g/mol. The average Bonchev–Trinajstić information content (AvgIpc) is 3.40. The lowest BCUT2D eigenvalue weighted by Crippen LogP contribution is -2.42. The van der Waals surface area contributed by atoms with Crippen LogP contribution in [0.1, 0.15) is 24.8 Å². The Morgan fingerprint density at radius 1 is 1.36 bits per heavy atom. The molecule has 0 bridgehead atoms. The van der Waals surface area contributed by atoms with E-state index in [1.54, 1.807) is 23.6 Å². The number of amides is 2. The Kier molecular flexibility index (Phi) is 5.12. The van der Waals surface area contributed by atoms with Gasteiger partial charge in [0, 0.05) is 43.8 Å². The quantitative estimate of drug-likeness (QED) is 0.648. The van der Waals surface area contributed by atoms with Crippen LogP contribution in [0.15, 0.2) is 49.2 Å². The Morgan fingerprint density at radius 3 is 2.86 bits per heavy atom. The van der Waals surface area contributed by atoms with Gasteiger partial charge in [-0.15, -0.1) is 0 Å². The third-order valence-corrected chi connectivity index (χ3v) is 5.32. The number of benzene rings is 1. The van der Waals surface area contributed by atoms with Crippen molar-refractivity contribution in [2.75, 3.05) is 18.4 Å². The number of anilines is 1. The second-order valence-electron chi connectivity index (χ2n) is 7.14. The van der Waals surface area contributed by atoms with Crippen LogP contribution in [-0.4, -0.2) is 48.6 Å². The third-order valence-electron chi connectivity index (χ3n) is 5.32. The van der Waals surface area contributed by atoms with Gasteiger partial charge >= 0.3 is 6.03 Å². The topological polar surface area (TPSA) is 99.1 Å². The van der Waals surface area contributed by atoms with E-state index >= 15 is 0 Å². The lowest BCUT2D eigenvalue weighted by molar-refractivity contribution is 0.0600. The molecule has 1 aliphatic heterocycles. The number of carbonyl (C=O) groups excluding carboxylic acids is 1. The average molecular weight is 380 g/mol. The number of aliphatic hydroxyl groups is 1. The SMILES string of the molecule is Cn1ccnc1[C@@H](O)C1CCN(C(=O)Nc2cccc(-c3cnc[nH]3)c2)CC1. The van der Waals surface area contributed by atoms with Gasteiger partial charge < -0.3 is 24.9 Å². The summed E-state index contributed by atoms with van der Waals surface area (Å²) in [6.45, 7) is 1.22. The van der Waals surface area contributed by atoms with E-state index in [2.05, 4.69) is 20.3 Å². The third kappa shape index (κ3) is 3.77. The number of likely N-dealkylation sites (tertiary alicyclic amines) is 1. The Labute approximate surface area is 163 Å². The smallest absolute Gasteiger partial charge is 0.321 e. The summed E-state index contributed by atoms with van der Waals surface area (Å²) in [4.78, 5) is 25.8. The second-order valence-corrected chi connectivity index (χ2v) is 7.14. The molecule has 2 aromatic heterocycles. The van der Waals surface area contributed by atoms with Gasteiger partial charge in [-0.3, -0.25) is 0 Å². The summed E-state index contributed by atoms with van der Waals surface area (Å²) in [5.74, 6) is 0.785. The highest BCUT2D eigenvalue weighted by Crippen LogP contribution is 2.30. The van der Waals surface area contributed by atoms with Crippen LogP contribution < -0.4 is 5.32 Å².